The number of nitriles is 1. The highest BCUT2D eigenvalue weighted by molar-refractivity contribution is 5.58. The molecule has 0 aliphatic carbocycles. The number of hydrogen-bond acceptors (Lipinski definition) is 9. The van der Waals surface area contributed by atoms with Crippen LogP contribution in [0.25, 0.3) is 0 Å². The average molecular weight is 422 g/mol. The van der Waals surface area contributed by atoms with Gasteiger partial charge in [0.1, 0.15) is 17.7 Å². The topological polar surface area (TPSA) is 90.6 Å². The van der Waals surface area contributed by atoms with E-state index in [0.29, 0.717) is 32.0 Å². The number of anilines is 3. The Kier molecular flexibility index (Phi) is 5.57. The molecule has 2 saturated heterocycles. The first-order chi connectivity index (χ1) is 15.2. The van der Waals surface area contributed by atoms with Gasteiger partial charge in [-0.25, -0.2) is 9.97 Å². The number of rotatable bonds is 3. The number of pyridine rings is 1. The molecule has 0 radical (unpaired) electrons. The summed E-state index contributed by atoms with van der Waals surface area (Å²) in [5.74, 6) is 2.55. The van der Waals surface area contributed by atoms with Crippen LogP contribution in [0.2, 0.25) is 0 Å². The quantitative estimate of drug-likeness (QED) is 0.727. The molecule has 0 atom stereocenters. The van der Waals surface area contributed by atoms with Crippen molar-refractivity contribution >= 4 is 17.6 Å². The molecule has 5 rings (SSSR count). The molecule has 0 spiro atoms. The van der Waals surface area contributed by atoms with Crippen molar-refractivity contribution in [3.63, 3.8) is 0 Å². The van der Waals surface area contributed by atoms with Crippen LogP contribution in [0.1, 0.15) is 22.5 Å². The number of hydrogen-bond donors (Lipinski definition) is 0. The molecule has 0 saturated carbocycles. The highest BCUT2D eigenvalue weighted by Crippen LogP contribution is 2.26. The second kappa shape index (κ2) is 8.65. The van der Waals surface area contributed by atoms with Crippen molar-refractivity contribution in [1.29, 1.82) is 5.26 Å². The molecule has 2 aromatic heterocycles. The van der Waals surface area contributed by atoms with Crippen LogP contribution in [0, 0.1) is 18.3 Å². The lowest BCUT2D eigenvalue weighted by molar-refractivity contribution is 0.109. The monoisotopic (exact) mass is 421 g/mol. The van der Waals surface area contributed by atoms with Crippen molar-refractivity contribution < 1.29 is 9.47 Å². The van der Waals surface area contributed by atoms with E-state index in [1.165, 1.54) is 0 Å². The highest BCUT2D eigenvalue weighted by Gasteiger charge is 2.25. The summed E-state index contributed by atoms with van der Waals surface area (Å²) in [5, 5.41) is 9.67. The number of nitrogens with zero attached hydrogens (tertiary/aromatic N) is 7. The summed E-state index contributed by atoms with van der Waals surface area (Å²) in [6, 6.07) is 6.33. The summed E-state index contributed by atoms with van der Waals surface area (Å²) in [6.45, 7) is 9.58. The van der Waals surface area contributed by atoms with Gasteiger partial charge in [-0.15, -0.1) is 0 Å². The Morgan fingerprint density at radius 1 is 0.871 bits per heavy atom. The lowest BCUT2D eigenvalue weighted by Crippen LogP contribution is -2.47. The van der Waals surface area contributed by atoms with E-state index in [2.05, 4.69) is 31.8 Å². The van der Waals surface area contributed by atoms with Gasteiger partial charge < -0.3 is 24.2 Å². The van der Waals surface area contributed by atoms with E-state index in [1.54, 1.807) is 0 Å². The van der Waals surface area contributed by atoms with E-state index in [9.17, 15) is 5.26 Å². The molecule has 31 heavy (non-hydrogen) atoms. The molecule has 162 valence electrons. The predicted molar refractivity (Wildman–Crippen MR) is 117 cm³/mol. The molecule has 2 aromatic rings. The second-order valence-corrected chi connectivity index (χ2v) is 8.12. The summed E-state index contributed by atoms with van der Waals surface area (Å²) in [4.78, 5) is 21.1. The van der Waals surface area contributed by atoms with E-state index >= 15 is 0 Å². The molecule has 0 aromatic carbocycles. The van der Waals surface area contributed by atoms with E-state index in [4.69, 9.17) is 19.4 Å². The smallest absolute Gasteiger partial charge is 0.227 e. The van der Waals surface area contributed by atoms with Crippen molar-refractivity contribution in [2.75, 3.05) is 73.8 Å². The zero-order valence-corrected chi connectivity index (χ0v) is 17.9. The normalized spacial score (nSPS) is 19.2. The third kappa shape index (κ3) is 4.13. The second-order valence-electron chi connectivity index (χ2n) is 8.12. The van der Waals surface area contributed by atoms with Gasteiger partial charge in [0.05, 0.1) is 37.7 Å². The first-order valence-electron chi connectivity index (χ1n) is 10.9. The number of aryl methyl sites for hydroxylation is 1. The van der Waals surface area contributed by atoms with Crippen molar-refractivity contribution in [3.05, 3.63) is 34.6 Å². The number of morpholine rings is 1. The molecule has 0 amide bonds. The number of piperazine rings is 1. The number of fused-ring (bicyclic) bond motifs is 1. The van der Waals surface area contributed by atoms with Crippen molar-refractivity contribution in [2.24, 2.45) is 0 Å². The summed E-state index contributed by atoms with van der Waals surface area (Å²) < 4.78 is 11.0. The van der Waals surface area contributed by atoms with Gasteiger partial charge in [-0.3, -0.25) is 0 Å². The van der Waals surface area contributed by atoms with Gasteiger partial charge in [0, 0.05) is 63.0 Å². The standard InChI is InChI=1S/C22H27N7O2/c1-16-12-20(26-22(24-16)29-7-10-30-11-8-29)27-3-5-28(6-4-27)21-17(14-23)13-18-15-31-9-2-19(18)25-21/h12-13H,2-11,15H2,1H3. The maximum absolute atomic E-state index is 9.67. The van der Waals surface area contributed by atoms with E-state index in [-0.39, 0.29) is 0 Å². The molecule has 0 unspecified atom stereocenters. The van der Waals surface area contributed by atoms with Crippen LogP contribution in [-0.2, 0) is 22.5 Å². The van der Waals surface area contributed by atoms with Crippen molar-refractivity contribution in [2.45, 2.75) is 20.0 Å². The summed E-state index contributed by atoms with van der Waals surface area (Å²) in [5.41, 5.74) is 3.70. The van der Waals surface area contributed by atoms with E-state index < -0.39 is 0 Å². The molecule has 5 heterocycles. The van der Waals surface area contributed by atoms with Gasteiger partial charge >= 0.3 is 0 Å². The Labute approximate surface area is 182 Å². The number of ether oxygens (including phenoxy) is 2. The van der Waals surface area contributed by atoms with Gasteiger partial charge in [-0.2, -0.15) is 10.2 Å². The molecule has 3 aliphatic heterocycles. The van der Waals surface area contributed by atoms with Crippen molar-refractivity contribution in [1.82, 2.24) is 15.0 Å². The third-order valence-electron chi connectivity index (χ3n) is 6.06. The van der Waals surface area contributed by atoms with Crippen molar-refractivity contribution in [3.8, 4) is 6.07 Å². The summed E-state index contributed by atoms with van der Waals surface area (Å²) in [7, 11) is 0. The fraction of sp³-hybridized carbons (Fsp3) is 0.545. The highest BCUT2D eigenvalue weighted by atomic mass is 16.5. The van der Waals surface area contributed by atoms with Crippen LogP contribution in [0.3, 0.4) is 0 Å². The fourth-order valence-corrected chi connectivity index (χ4v) is 4.35. The van der Waals surface area contributed by atoms with Crippen LogP contribution in [0.4, 0.5) is 17.6 Å². The molecule has 2 fully saturated rings. The maximum Gasteiger partial charge on any atom is 0.227 e. The van der Waals surface area contributed by atoms with Crippen LogP contribution >= 0.6 is 0 Å². The van der Waals surface area contributed by atoms with Gasteiger partial charge in [0.15, 0.2) is 0 Å². The Morgan fingerprint density at radius 3 is 2.42 bits per heavy atom. The van der Waals surface area contributed by atoms with Gasteiger partial charge in [0.25, 0.3) is 0 Å². The Hall–Kier alpha value is -2.96. The molecule has 0 bridgehead atoms. The average Bonchev–Trinajstić information content (AvgIpc) is 2.83. The van der Waals surface area contributed by atoms with Crippen LogP contribution in [0.15, 0.2) is 12.1 Å². The van der Waals surface area contributed by atoms with E-state index in [0.717, 1.165) is 80.2 Å². The van der Waals surface area contributed by atoms with Gasteiger partial charge in [0.2, 0.25) is 5.95 Å². The molecular weight excluding hydrogens is 394 g/mol. The minimum atomic E-state index is 0.545. The third-order valence-corrected chi connectivity index (χ3v) is 6.06. The molecule has 3 aliphatic rings. The Morgan fingerprint density at radius 2 is 1.65 bits per heavy atom. The minimum Gasteiger partial charge on any atom is -0.378 e. The minimum absolute atomic E-state index is 0.545. The molecular formula is C22H27N7O2. The largest absolute Gasteiger partial charge is 0.378 e. The Balaban J connectivity index is 1.32. The van der Waals surface area contributed by atoms with Crippen LogP contribution in [-0.4, -0.2) is 74.0 Å². The zero-order valence-electron chi connectivity index (χ0n) is 17.9. The first kappa shape index (κ1) is 20.0. The summed E-state index contributed by atoms with van der Waals surface area (Å²) >= 11 is 0. The summed E-state index contributed by atoms with van der Waals surface area (Å²) in [6.07, 6.45) is 0.804. The first-order valence-corrected chi connectivity index (χ1v) is 10.9. The van der Waals surface area contributed by atoms with Gasteiger partial charge in [-0.1, -0.05) is 0 Å². The van der Waals surface area contributed by atoms with E-state index in [1.807, 2.05) is 13.0 Å². The molecule has 9 heteroatoms. The SMILES string of the molecule is Cc1cc(N2CCN(c3nc4c(cc3C#N)COCC4)CC2)nc(N2CCOCC2)n1. The van der Waals surface area contributed by atoms with Crippen LogP contribution in [0.5, 0.6) is 0 Å². The lowest BCUT2D eigenvalue weighted by Gasteiger charge is -2.37. The molecule has 0 N–H and O–H groups in total. The zero-order chi connectivity index (χ0) is 21.2. The lowest BCUT2D eigenvalue weighted by atomic mass is 10.1. The maximum atomic E-state index is 9.67. The fourth-order valence-electron chi connectivity index (χ4n) is 4.35. The van der Waals surface area contributed by atoms with Gasteiger partial charge in [-0.05, 0) is 13.0 Å². The molecule has 9 nitrogen and oxygen atoms in total. The predicted octanol–water partition coefficient (Wildman–Crippen LogP) is 1.29. The Bertz CT molecular complexity index is 992. The van der Waals surface area contributed by atoms with Crippen LogP contribution < -0.4 is 14.7 Å². The number of aromatic nitrogens is 3.